The first-order chi connectivity index (χ1) is 20.0. The summed E-state index contributed by atoms with van der Waals surface area (Å²) in [6.07, 6.45) is -0.429. The van der Waals surface area contributed by atoms with E-state index in [2.05, 4.69) is 33.1 Å². The minimum Gasteiger partial charge on any atom is -0.493 e. The number of tetrazole rings is 1. The highest BCUT2D eigenvalue weighted by molar-refractivity contribution is 5.83. The number of nitrogens with one attached hydrogen (secondary N) is 2. The van der Waals surface area contributed by atoms with Crippen LogP contribution in [-0.2, 0) is 9.59 Å². The topological polar surface area (TPSA) is 131 Å². The fraction of sp³-hybridized carbons (Fsp3) is 0.464. The second kappa shape index (κ2) is 14.7. The lowest BCUT2D eigenvalue weighted by atomic mass is 9.67. The van der Waals surface area contributed by atoms with Crippen LogP contribution in [0.5, 0.6) is 5.75 Å². The number of para-hydroxylation sites is 1. The van der Waals surface area contributed by atoms with E-state index in [0.29, 0.717) is 31.2 Å². The molecule has 1 amide bonds. The Bertz CT molecular complexity index is 1310. The van der Waals surface area contributed by atoms with E-state index < -0.39 is 23.6 Å². The first-order valence-electron chi connectivity index (χ1n) is 13.6. The molecule has 0 radical (unpaired) electrons. The summed E-state index contributed by atoms with van der Waals surface area (Å²) in [6, 6.07) is 13.4. The van der Waals surface area contributed by atoms with Gasteiger partial charge in [0.25, 0.3) is 0 Å². The van der Waals surface area contributed by atoms with Crippen LogP contribution in [0.15, 0.2) is 48.5 Å². The number of hydrogen-bond acceptors (Lipinski definition) is 7. The summed E-state index contributed by atoms with van der Waals surface area (Å²) >= 11 is 0. The van der Waals surface area contributed by atoms with Crippen molar-refractivity contribution in [1.82, 2.24) is 30.8 Å². The molecule has 3 N–H and O–H groups in total. The van der Waals surface area contributed by atoms with Gasteiger partial charge in [-0.3, -0.25) is 4.79 Å². The van der Waals surface area contributed by atoms with Crippen molar-refractivity contribution in [2.75, 3.05) is 19.7 Å². The van der Waals surface area contributed by atoms with E-state index in [-0.39, 0.29) is 11.7 Å². The molecule has 1 fully saturated rings. The predicted octanol–water partition coefficient (Wildman–Crippen LogP) is 4.60. The molecule has 10 nitrogen and oxygen atoms in total. The number of nitrogens with zero attached hydrogens (tertiary/aromatic N) is 4. The summed E-state index contributed by atoms with van der Waals surface area (Å²) in [5.74, 6) is -1.74. The number of aliphatic carboxylic acids is 1. The molecular formula is C28H34F4N6O4. The molecule has 4 rings (SSSR count). The van der Waals surface area contributed by atoms with E-state index in [1.165, 1.54) is 12.1 Å². The fourth-order valence-corrected chi connectivity index (χ4v) is 4.39. The highest BCUT2D eigenvalue weighted by Crippen LogP contribution is 2.41. The van der Waals surface area contributed by atoms with E-state index in [1.54, 1.807) is 16.8 Å². The summed E-state index contributed by atoms with van der Waals surface area (Å²) < 4.78 is 53.0. The monoisotopic (exact) mass is 594 g/mol. The molecule has 0 aliphatic heterocycles. The largest absolute Gasteiger partial charge is 0.493 e. The fourth-order valence-electron chi connectivity index (χ4n) is 4.39. The first-order valence-corrected chi connectivity index (χ1v) is 13.6. The highest BCUT2D eigenvalue weighted by atomic mass is 19.4. The van der Waals surface area contributed by atoms with Gasteiger partial charge in [-0.05, 0) is 66.9 Å². The van der Waals surface area contributed by atoms with Crippen LogP contribution in [0.2, 0.25) is 0 Å². The molecule has 1 atom stereocenters. The number of carboxylic acids is 1. The number of ether oxygens (including phenoxy) is 1. The molecule has 0 spiro atoms. The number of hydrogen-bond donors (Lipinski definition) is 3. The van der Waals surface area contributed by atoms with E-state index in [9.17, 15) is 22.4 Å². The number of aromatic nitrogens is 4. The van der Waals surface area contributed by atoms with Crippen LogP contribution in [0.4, 0.5) is 17.6 Å². The van der Waals surface area contributed by atoms with Crippen LogP contribution >= 0.6 is 0 Å². The number of carbonyl (C=O) groups is 2. The molecule has 2 aromatic carbocycles. The lowest BCUT2D eigenvalue weighted by Crippen LogP contribution is -2.52. The van der Waals surface area contributed by atoms with Gasteiger partial charge >= 0.3 is 12.1 Å². The van der Waals surface area contributed by atoms with Crippen LogP contribution in [0.3, 0.4) is 0 Å². The Kier molecular flexibility index (Phi) is 11.4. The lowest BCUT2D eigenvalue weighted by Gasteiger charge is -2.41. The zero-order valence-electron chi connectivity index (χ0n) is 23.3. The van der Waals surface area contributed by atoms with Crippen LogP contribution in [-0.4, -0.2) is 63.1 Å². The Hall–Kier alpha value is -4.07. The minimum atomic E-state index is -5.08. The molecule has 1 saturated carbocycles. The maximum atomic E-state index is 13.6. The molecule has 42 heavy (non-hydrogen) atoms. The van der Waals surface area contributed by atoms with E-state index in [4.69, 9.17) is 14.6 Å². The third-order valence-electron chi connectivity index (χ3n) is 6.83. The first kappa shape index (κ1) is 32.4. The highest BCUT2D eigenvalue weighted by Gasteiger charge is 2.44. The maximum Gasteiger partial charge on any atom is 0.490 e. The molecule has 1 aliphatic carbocycles. The zero-order chi connectivity index (χ0) is 30.8. The summed E-state index contributed by atoms with van der Waals surface area (Å²) in [4.78, 5) is 21.8. The Morgan fingerprint density at radius 2 is 1.79 bits per heavy atom. The van der Waals surface area contributed by atoms with E-state index in [0.717, 1.165) is 43.4 Å². The number of halogens is 4. The van der Waals surface area contributed by atoms with Gasteiger partial charge in [-0.15, -0.1) is 5.10 Å². The number of alkyl halides is 3. The van der Waals surface area contributed by atoms with Crippen LogP contribution < -0.4 is 15.4 Å². The summed E-state index contributed by atoms with van der Waals surface area (Å²) in [5, 5.41) is 26.2. The van der Waals surface area contributed by atoms with Crippen molar-refractivity contribution in [1.29, 1.82) is 0 Å². The molecule has 1 heterocycles. The van der Waals surface area contributed by atoms with Gasteiger partial charge in [0, 0.05) is 18.7 Å². The van der Waals surface area contributed by atoms with Crippen molar-refractivity contribution in [2.45, 2.75) is 58.2 Å². The minimum absolute atomic E-state index is 0.0723. The molecule has 228 valence electrons. The van der Waals surface area contributed by atoms with Crippen LogP contribution in [0.25, 0.3) is 5.69 Å². The average Bonchev–Trinajstić information content (AvgIpc) is 3.41. The molecule has 0 bridgehead atoms. The van der Waals surface area contributed by atoms with Crippen molar-refractivity contribution in [3.8, 4) is 11.4 Å². The summed E-state index contributed by atoms with van der Waals surface area (Å²) in [7, 11) is 0. The lowest BCUT2D eigenvalue weighted by molar-refractivity contribution is -0.192. The number of carbonyl (C=O) groups excluding carboxylic acids is 1. The van der Waals surface area contributed by atoms with E-state index >= 15 is 0 Å². The van der Waals surface area contributed by atoms with E-state index in [1.807, 2.05) is 31.2 Å². The van der Waals surface area contributed by atoms with Crippen molar-refractivity contribution < 1.29 is 37.0 Å². The molecule has 1 aliphatic rings. The number of carboxylic acid groups (broad SMARTS) is 1. The SMILES string of the molecule is CCCCOc1ccccc1C(NCC1(C(=O)NCC)CCC1)c1nnnn1-c1ccc(F)cc1.O=C(O)C(F)(F)F. The van der Waals surface area contributed by atoms with Crippen molar-refractivity contribution in [2.24, 2.45) is 5.41 Å². The van der Waals surface area contributed by atoms with Gasteiger partial charge in [-0.2, -0.15) is 17.9 Å². The average molecular weight is 595 g/mol. The molecule has 1 aromatic heterocycles. The Morgan fingerprint density at radius 1 is 1.12 bits per heavy atom. The Balaban J connectivity index is 0.000000616. The Labute approximate surface area is 240 Å². The number of rotatable bonds is 12. The normalized spacial score (nSPS) is 14.6. The summed E-state index contributed by atoms with van der Waals surface area (Å²) in [6.45, 7) is 5.73. The number of unbranched alkanes of at least 4 members (excludes halogenated alkanes) is 1. The number of amides is 1. The van der Waals surface area contributed by atoms with Gasteiger partial charge in [0.05, 0.1) is 23.8 Å². The van der Waals surface area contributed by atoms with Gasteiger partial charge in [0.1, 0.15) is 11.6 Å². The number of benzene rings is 2. The van der Waals surface area contributed by atoms with Gasteiger partial charge in [0.15, 0.2) is 5.82 Å². The molecule has 0 saturated heterocycles. The third kappa shape index (κ3) is 8.24. The smallest absolute Gasteiger partial charge is 0.490 e. The zero-order valence-corrected chi connectivity index (χ0v) is 23.3. The second-order valence-electron chi connectivity index (χ2n) is 9.78. The van der Waals surface area contributed by atoms with Crippen molar-refractivity contribution in [3.05, 3.63) is 65.7 Å². The van der Waals surface area contributed by atoms with Gasteiger partial charge in [-0.25, -0.2) is 9.18 Å². The molecule has 14 heteroatoms. The van der Waals surface area contributed by atoms with Gasteiger partial charge < -0.3 is 20.5 Å². The third-order valence-corrected chi connectivity index (χ3v) is 6.83. The van der Waals surface area contributed by atoms with Crippen molar-refractivity contribution >= 4 is 11.9 Å². The molecule has 3 aromatic rings. The van der Waals surface area contributed by atoms with Crippen LogP contribution in [0, 0.1) is 11.2 Å². The maximum absolute atomic E-state index is 13.6. The van der Waals surface area contributed by atoms with Gasteiger partial charge in [-0.1, -0.05) is 38.0 Å². The van der Waals surface area contributed by atoms with Crippen molar-refractivity contribution in [3.63, 3.8) is 0 Å². The molecular weight excluding hydrogens is 560 g/mol. The van der Waals surface area contributed by atoms with Gasteiger partial charge in [0.2, 0.25) is 5.91 Å². The standard InChI is InChI=1S/C26H33FN6O2.C2HF3O2/c1-3-5-17-35-22-10-7-6-9-21(22)23(29-18-26(15-8-16-26)25(34)28-4-2)24-30-31-32-33(24)20-13-11-19(27)12-14-20;3-2(4,5)1(6)7/h6-7,9-14,23,29H,3-5,8,15-18H2,1-2H3,(H,28,34);(H,6,7). The summed E-state index contributed by atoms with van der Waals surface area (Å²) in [5.41, 5.74) is 1.07. The molecule has 1 unspecified atom stereocenters. The second-order valence-corrected chi connectivity index (χ2v) is 9.78. The quantitative estimate of drug-likeness (QED) is 0.205. The Morgan fingerprint density at radius 3 is 2.36 bits per heavy atom. The van der Waals surface area contributed by atoms with Crippen LogP contribution in [0.1, 0.15) is 63.4 Å². The predicted molar refractivity (Wildman–Crippen MR) is 144 cm³/mol.